The highest BCUT2D eigenvalue weighted by atomic mass is 35.5. The van der Waals surface area contributed by atoms with E-state index in [1.54, 1.807) is 24.5 Å². The van der Waals surface area contributed by atoms with Gasteiger partial charge in [-0.15, -0.1) is 10.2 Å². The number of carbonyl (C=O) groups is 1. The van der Waals surface area contributed by atoms with Crippen LogP contribution in [0, 0.1) is 22.7 Å². The Kier molecular flexibility index (Phi) is 8.11. The van der Waals surface area contributed by atoms with Crippen molar-refractivity contribution in [3.05, 3.63) is 53.4 Å². The van der Waals surface area contributed by atoms with Gasteiger partial charge in [-0.3, -0.25) is 9.36 Å². The fourth-order valence-electron chi connectivity index (χ4n) is 2.86. The average Bonchev–Trinajstić information content (AvgIpc) is 3.43. The van der Waals surface area contributed by atoms with Crippen molar-refractivity contribution in [2.45, 2.75) is 24.5 Å². The lowest BCUT2D eigenvalue weighted by Crippen LogP contribution is -2.34. The summed E-state index contributed by atoms with van der Waals surface area (Å²) in [4.78, 5) is 14.2. The molecule has 0 atom stereocenters. The molecule has 10 heteroatoms. The van der Waals surface area contributed by atoms with Crippen LogP contribution in [0.4, 0.5) is 0 Å². The molecule has 0 N–H and O–H groups in total. The Morgan fingerprint density at radius 2 is 1.84 bits per heavy atom. The average molecular weight is 455 g/mol. The second-order valence-corrected chi connectivity index (χ2v) is 7.84. The minimum absolute atomic E-state index is 0.119. The summed E-state index contributed by atoms with van der Waals surface area (Å²) in [6, 6.07) is 15.0. The van der Waals surface area contributed by atoms with E-state index in [9.17, 15) is 4.79 Å². The van der Waals surface area contributed by atoms with Gasteiger partial charge in [0.25, 0.3) is 0 Å². The molecule has 0 bridgehead atoms. The third-order valence-corrected chi connectivity index (χ3v) is 5.58. The highest BCUT2D eigenvalue weighted by Gasteiger charge is 2.19. The Bertz CT molecular complexity index is 1060. The van der Waals surface area contributed by atoms with Gasteiger partial charge >= 0.3 is 0 Å². The molecule has 1 aromatic carbocycles. The highest BCUT2D eigenvalue weighted by Crippen LogP contribution is 2.26. The number of nitriles is 2. The van der Waals surface area contributed by atoms with Gasteiger partial charge < -0.3 is 9.32 Å². The Hall–Kier alpha value is -3.27. The number of nitrogens with zero attached hydrogens (tertiary/aromatic N) is 6. The van der Waals surface area contributed by atoms with Gasteiger partial charge in [0, 0.05) is 23.7 Å². The largest absolute Gasteiger partial charge is 0.467 e. The number of halogens is 1. The second-order valence-electron chi connectivity index (χ2n) is 6.46. The molecule has 0 aliphatic carbocycles. The van der Waals surface area contributed by atoms with Crippen molar-refractivity contribution in [3.63, 3.8) is 0 Å². The summed E-state index contributed by atoms with van der Waals surface area (Å²) >= 11 is 7.26. The number of thioether (sulfide) groups is 1. The summed E-state index contributed by atoms with van der Waals surface area (Å²) in [7, 11) is 0. The van der Waals surface area contributed by atoms with E-state index in [4.69, 9.17) is 26.5 Å². The van der Waals surface area contributed by atoms with Crippen LogP contribution in [0.1, 0.15) is 18.6 Å². The smallest absolute Gasteiger partial charge is 0.233 e. The van der Waals surface area contributed by atoms with Crippen molar-refractivity contribution in [2.75, 3.05) is 18.8 Å². The molecule has 0 fully saturated rings. The quantitative estimate of drug-likeness (QED) is 0.425. The number of hydrogen-bond donors (Lipinski definition) is 0. The standard InChI is InChI=1S/C21H19ClN6O2S/c22-17-7-5-16(6-8-17)20-25-26-21(28(20)14-18-4-1-13-30-18)31-15-19(29)27(11-2-9-23)12-3-10-24/h1,4-8,13H,2-3,11-12,14-15H2. The lowest BCUT2D eigenvalue weighted by molar-refractivity contribution is -0.128. The monoisotopic (exact) mass is 454 g/mol. The summed E-state index contributed by atoms with van der Waals surface area (Å²) in [5.74, 6) is 1.33. The molecule has 3 rings (SSSR count). The van der Waals surface area contributed by atoms with Crippen LogP contribution in [0.15, 0.2) is 52.2 Å². The molecule has 0 aliphatic heterocycles. The molecule has 0 saturated carbocycles. The first-order valence-electron chi connectivity index (χ1n) is 9.48. The predicted molar refractivity (Wildman–Crippen MR) is 116 cm³/mol. The van der Waals surface area contributed by atoms with E-state index in [1.807, 2.05) is 34.9 Å². The van der Waals surface area contributed by atoms with Crippen LogP contribution in [-0.4, -0.2) is 44.4 Å². The summed E-state index contributed by atoms with van der Waals surface area (Å²) in [6.07, 6.45) is 2.04. The van der Waals surface area contributed by atoms with Crippen LogP contribution < -0.4 is 0 Å². The van der Waals surface area contributed by atoms with E-state index in [0.717, 1.165) is 11.3 Å². The van der Waals surface area contributed by atoms with Crippen LogP contribution >= 0.6 is 23.4 Å². The fraction of sp³-hybridized carbons (Fsp3) is 0.286. The van der Waals surface area contributed by atoms with E-state index >= 15 is 0 Å². The maximum Gasteiger partial charge on any atom is 0.233 e. The Morgan fingerprint density at radius 3 is 2.45 bits per heavy atom. The van der Waals surface area contributed by atoms with E-state index in [1.165, 1.54) is 16.7 Å². The van der Waals surface area contributed by atoms with Crippen molar-refractivity contribution in [3.8, 4) is 23.5 Å². The zero-order valence-corrected chi connectivity index (χ0v) is 18.1. The first kappa shape index (κ1) is 22.4. The van der Waals surface area contributed by atoms with Gasteiger partial charge in [0.1, 0.15) is 5.76 Å². The van der Waals surface area contributed by atoms with Gasteiger partial charge in [0.05, 0.1) is 43.5 Å². The lowest BCUT2D eigenvalue weighted by atomic mass is 10.2. The molecule has 2 heterocycles. The van der Waals surface area contributed by atoms with E-state index < -0.39 is 0 Å². The van der Waals surface area contributed by atoms with Crippen LogP contribution in [0.3, 0.4) is 0 Å². The normalized spacial score (nSPS) is 10.4. The number of hydrogen-bond acceptors (Lipinski definition) is 7. The Balaban J connectivity index is 1.80. The van der Waals surface area contributed by atoms with E-state index in [-0.39, 0.29) is 24.5 Å². The van der Waals surface area contributed by atoms with Crippen LogP contribution in [0.25, 0.3) is 11.4 Å². The van der Waals surface area contributed by atoms with Gasteiger partial charge in [0.2, 0.25) is 5.91 Å². The molecule has 2 aromatic heterocycles. The fourth-order valence-corrected chi connectivity index (χ4v) is 3.82. The molecule has 0 unspecified atom stereocenters. The van der Waals surface area contributed by atoms with Crippen LogP contribution in [-0.2, 0) is 11.3 Å². The molecule has 8 nitrogen and oxygen atoms in total. The first-order valence-corrected chi connectivity index (χ1v) is 10.8. The molecular weight excluding hydrogens is 436 g/mol. The summed E-state index contributed by atoms with van der Waals surface area (Å²) in [5.41, 5.74) is 0.839. The van der Waals surface area contributed by atoms with Crippen molar-refractivity contribution < 1.29 is 9.21 Å². The third-order valence-electron chi connectivity index (χ3n) is 4.38. The first-order chi connectivity index (χ1) is 15.1. The van der Waals surface area contributed by atoms with Gasteiger partial charge in [-0.25, -0.2) is 0 Å². The molecule has 158 valence electrons. The SMILES string of the molecule is N#CCCN(CCC#N)C(=O)CSc1nnc(-c2ccc(Cl)cc2)n1Cc1ccco1. The number of benzene rings is 1. The molecule has 0 spiro atoms. The van der Waals surface area contributed by atoms with E-state index in [0.29, 0.717) is 35.6 Å². The predicted octanol–water partition coefficient (Wildman–Crippen LogP) is 3.99. The number of amides is 1. The second kappa shape index (κ2) is 11.2. The number of aromatic nitrogens is 3. The molecule has 31 heavy (non-hydrogen) atoms. The maximum absolute atomic E-state index is 12.7. The summed E-state index contributed by atoms with van der Waals surface area (Å²) in [5, 5.41) is 27.4. The molecule has 0 saturated heterocycles. The summed E-state index contributed by atoms with van der Waals surface area (Å²) < 4.78 is 7.36. The summed E-state index contributed by atoms with van der Waals surface area (Å²) in [6.45, 7) is 1.00. The van der Waals surface area contributed by atoms with Crippen molar-refractivity contribution in [1.82, 2.24) is 19.7 Å². The highest BCUT2D eigenvalue weighted by molar-refractivity contribution is 7.99. The zero-order valence-electron chi connectivity index (χ0n) is 16.6. The minimum atomic E-state index is -0.156. The van der Waals surface area contributed by atoms with Gasteiger partial charge in [-0.1, -0.05) is 23.4 Å². The Morgan fingerprint density at radius 1 is 1.13 bits per heavy atom. The number of rotatable bonds is 10. The molecule has 0 aliphatic rings. The van der Waals surface area contributed by atoms with Crippen molar-refractivity contribution >= 4 is 29.3 Å². The minimum Gasteiger partial charge on any atom is -0.467 e. The van der Waals surface area contributed by atoms with Gasteiger partial charge in [-0.2, -0.15) is 10.5 Å². The Labute approximate surface area is 189 Å². The third kappa shape index (κ3) is 6.11. The maximum atomic E-state index is 12.7. The van der Waals surface area contributed by atoms with Crippen LogP contribution in [0.5, 0.6) is 0 Å². The van der Waals surface area contributed by atoms with Gasteiger partial charge in [0.15, 0.2) is 11.0 Å². The molecule has 3 aromatic rings. The molecular formula is C21H19ClN6O2S. The van der Waals surface area contributed by atoms with E-state index in [2.05, 4.69) is 10.2 Å². The molecule has 1 amide bonds. The van der Waals surface area contributed by atoms with Crippen LogP contribution in [0.2, 0.25) is 5.02 Å². The van der Waals surface area contributed by atoms with Crippen molar-refractivity contribution in [2.24, 2.45) is 0 Å². The van der Waals surface area contributed by atoms with Gasteiger partial charge in [-0.05, 0) is 36.4 Å². The molecule has 0 radical (unpaired) electrons. The topological polar surface area (TPSA) is 112 Å². The zero-order chi connectivity index (χ0) is 22.1. The lowest BCUT2D eigenvalue weighted by Gasteiger charge is -2.20. The number of carbonyl (C=O) groups excluding carboxylic acids is 1. The number of furan rings is 1. The van der Waals surface area contributed by atoms with Crippen molar-refractivity contribution in [1.29, 1.82) is 10.5 Å².